The number of hydrogen-bond donors (Lipinski definition) is 0. The molecular weight excluding hydrogens is 1470 g/mol. The second kappa shape index (κ2) is 41.7. The van der Waals surface area contributed by atoms with Crippen molar-refractivity contribution in [1.82, 2.24) is 29.4 Å². The molecule has 0 aliphatic carbocycles. The maximum absolute atomic E-state index is 13.1. The van der Waals surface area contributed by atoms with E-state index in [0.29, 0.717) is 186 Å². The molecule has 0 N–H and O–H groups in total. The summed E-state index contributed by atoms with van der Waals surface area (Å²) in [6.45, 7) is 23.2. The van der Waals surface area contributed by atoms with Gasteiger partial charge in [-0.05, 0) is 145 Å². The van der Waals surface area contributed by atoms with Crippen molar-refractivity contribution in [2.45, 2.75) is 80.8 Å². The monoisotopic (exact) mass is 1560 g/mol. The molecule has 2 aliphatic rings. The molecule has 2 aliphatic heterocycles. The Morgan fingerprint density at radius 1 is 0.268 bits per heavy atom. The van der Waals surface area contributed by atoms with E-state index in [2.05, 4.69) is 29.4 Å². The van der Waals surface area contributed by atoms with Crippen LogP contribution in [0.4, 0.5) is 0 Å². The van der Waals surface area contributed by atoms with Crippen LogP contribution < -0.4 is 96.3 Å². The normalized spacial score (nSPS) is 14.7. The van der Waals surface area contributed by atoms with E-state index in [1.807, 2.05) is 77.9 Å². The van der Waals surface area contributed by atoms with Gasteiger partial charge in [0.1, 0.15) is 34.5 Å². The number of aryl methyl sites for hydroxylation is 6. The summed E-state index contributed by atoms with van der Waals surface area (Å²) in [5.41, 5.74) is 10.0. The van der Waals surface area contributed by atoms with Gasteiger partial charge in [-0.2, -0.15) is 0 Å². The Labute approximate surface area is 617 Å². The van der Waals surface area contributed by atoms with E-state index < -0.39 is 20.5 Å². The third kappa shape index (κ3) is 29.3. The molecule has 0 atom stereocenters. The van der Waals surface area contributed by atoms with Crippen LogP contribution in [0.25, 0.3) is 0 Å². The Morgan fingerprint density at radius 3 is 0.464 bits per heavy atom. The molecule has 0 aromatic heterocycles. The van der Waals surface area contributed by atoms with Crippen molar-refractivity contribution in [3.05, 3.63) is 140 Å². The van der Waals surface area contributed by atoms with Crippen molar-refractivity contribution < 1.29 is 183 Å². The maximum atomic E-state index is 13.1. The molecule has 6 aromatic carbocycles. The van der Waals surface area contributed by atoms with Gasteiger partial charge in [-0.25, -0.2) is 37.3 Å². The number of benzene rings is 6. The minimum absolute atomic E-state index is 0. The molecule has 31 heteroatoms. The predicted octanol–water partition coefficient (Wildman–Crippen LogP) is -4.16. The van der Waals surface area contributed by atoms with Crippen LogP contribution >= 0.6 is 0 Å². The molecule has 8 rings (SSSR count). The van der Waals surface area contributed by atoms with Gasteiger partial charge in [0, 0.05) is 118 Å². The molecule has 0 bridgehead atoms. The van der Waals surface area contributed by atoms with Crippen LogP contribution in [0.3, 0.4) is 0 Å². The molecule has 2 fully saturated rings. The van der Waals surface area contributed by atoms with Crippen LogP contribution in [-0.2, 0) is 105 Å². The molecule has 97 heavy (non-hydrogen) atoms. The van der Waals surface area contributed by atoms with Crippen LogP contribution in [0.2, 0.25) is 0 Å². The first-order valence-electron chi connectivity index (χ1n) is 29.9. The maximum Gasteiger partial charge on any atom is 3.00 e. The van der Waals surface area contributed by atoms with Gasteiger partial charge in [0.05, 0.1) is 42.7 Å². The number of halogens is 2. The average Bonchev–Trinajstić information content (AvgIpc) is 1.75. The van der Waals surface area contributed by atoms with Crippen LogP contribution in [0.5, 0.6) is 69.0 Å². The molecule has 0 spiro atoms. The van der Waals surface area contributed by atoms with Crippen LogP contribution in [0.15, 0.2) is 72.8 Å². The summed E-state index contributed by atoms with van der Waals surface area (Å²) in [6.07, 6.45) is 0. The second-order valence-corrected chi connectivity index (χ2v) is 24.7. The number of hydrogen-bond acceptors (Lipinski definition) is 26. The Kier molecular flexibility index (Phi) is 37.9. The van der Waals surface area contributed by atoms with E-state index >= 15 is 0 Å². The van der Waals surface area contributed by atoms with Gasteiger partial charge in [0.2, 0.25) is 0 Å². The standard InChI is InChI=1S/2C33H45N3O6.2ClHO4.2Ni.Y/c2*1-22-13-25(31(37)28(16-22)40-4)19-34-7-9-35(20-26-14-23(2)17-29(41-5)32(26)38)11-12-36(10-8-34)21-27-15-24(3)18-30(42-6)33(27)39;2*2-1(3,4)5;;;/h2*13-18,37-39H,7-12,19-21H2,1-6H3;2*(H,2,3,4,5);;;/q;;;;+2;2*+3/p-8. The topological polar surface area (TPSA) is 398 Å². The quantitative estimate of drug-likeness (QED) is 0.0737. The van der Waals surface area contributed by atoms with Crippen molar-refractivity contribution in [2.75, 3.05) is 121 Å². The Balaban J connectivity index is 0.000000563. The van der Waals surface area contributed by atoms with Crippen molar-refractivity contribution in [3.8, 4) is 69.0 Å². The number of methoxy groups -OCH3 is 6. The van der Waals surface area contributed by atoms with Crippen molar-refractivity contribution in [1.29, 1.82) is 0 Å². The number of ether oxygens (including phenoxy) is 6. The van der Waals surface area contributed by atoms with Crippen molar-refractivity contribution >= 4 is 0 Å². The van der Waals surface area contributed by atoms with Crippen LogP contribution in [0, 0.1) is 62.0 Å². The van der Waals surface area contributed by atoms with E-state index in [0.717, 1.165) is 33.4 Å². The summed E-state index contributed by atoms with van der Waals surface area (Å²) >= 11 is 0. The third-order valence-corrected chi connectivity index (χ3v) is 15.7. The van der Waals surface area contributed by atoms with E-state index in [-0.39, 0.29) is 100 Å². The van der Waals surface area contributed by atoms with Crippen molar-refractivity contribution in [2.24, 2.45) is 0 Å². The summed E-state index contributed by atoms with van der Waals surface area (Å²) in [6, 6.07) is 22.2. The van der Waals surface area contributed by atoms with E-state index in [9.17, 15) is 30.6 Å². The minimum Gasteiger partial charge on any atom is -0.870 e. The minimum atomic E-state index is -4.94. The van der Waals surface area contributed by atoms with Gasteiger partial charge in [-0.15, -0.1) is 20.5 Å². The van der Waals surface area contributed by atoms with E-state index in [1.54, 1.807) is 36.4 Å². The fourth-order valence-electron chi connectivity index (χ4n) is 11.3. The summed E-state index contributed by atoms with van der Waals surface area (Å²) in [4.78, 5) is 13.6. The van der Waals surface area contributed by atoms with Gasteiger partial charge >= 0.3 is 65.7 Å². The van der Waals surface area contributed by atoms with Gasteiger partial charge in [0.25, 0.3) is 0 Å². The summed E-state index contributed by atoms with van der Waals surface area (Å²) in [5, 5.41) is 78.3. The predicted molar refractivity (Wildman–Crippen MR) is 315 cm³/mol. The average molecular weight is 1560 g/mol. The molecule has 535 valence electrons. The van der Waals surface area contributed by atoms with Crippen LogP contribution in [-0.4, -0.2) is 151 Å². The van der Waals surface area contributed by atoms with Crippen molar-refractivity contribution in [3.63, 3.8) is 0 Å². The molecule has 0 amide bonds. The van der Waals surface area contributed by atoms with E-state index in [1.165, 1.54) is 42.7 Å². The van der Waals surface area contributed by atoms with Gasteiger partial charge in [-0.1, -0.05) is 70.9 Å². The molecule has 26 nitrogen and oxygen atoms in total. The zero-order valence-corrected chi connectivity index (χ0v) is 62.8. The summed E-state index contributed by atoms with van der Waals surface area (Å²) in [5.74, 6) is 1.54. The summed E-state index contributed by atoms with van der Waals surface area (Å²) < 4.78 is 100.0. The fourth-order valence-corrected chi connectivity index (χ4v) is 11.3. The number of nitrogens with zero attached hydrogens (tertiary/aromatic N) is 6. The van der Waals surface area contributed by atoms with E-state index in [4.69, 9.17) is 65.7 Å². The molecular formula is C66H84Cl2N6Ni2O20Y. The Bertz CT molecular complexity index is 2840. The molecule has 1 radical (unpaired) electrons. The SMILES string of the molecule is COc1cc(C)cc(CN2CCN(Cc3cc(C)cc(OC)c3[O-])CCN(Cc3cc(C)cc(OC)c3[O-])CC2)c1[O-].COc1cc(C)cc(CN2CCN(Cc3cc(C)cc(OC)c3[O-])CCN(Cc3cc(C)cc(OC)c3[O-])CC2)c1[O-].[Ni+2].[Ni+3].[O-][Cl+3]([O-])([O-])[O-].[O-][Cl+3]([O-])([O-])[O-].[Y+3]. The van der Waals surface area contributed by atoms with Gasteiger partial charge < -0.3 is 59.1 Å². The molecule has 2 heterocycles. The van der Waals surface area contributed by atoms with Crippen LogP contribution in [0.1, 0.15) is 66.8 Å². The number of rotatable bonds is 18. The molecule has 6 aromatic rings. The van der Waals surface area contributed by atoms with Gasteiger partial charge in [-0.3, -0.25) is 29.4 Å². The second-order valence-electron chi connectivity index (χ2n) is 23.1. The fraction of sp³-hybridized carbons (Fsp3) is 0.455. The smallest absolute Gasteiger partial charge is 0.870 e. The zero-order valence-electron chi connectivity index (χ0n) is 56.5. The largest absolute Gasteiger partial charge is 3.00 e. The third-order valence-electron chi connectivity index (χ3n) is 15.7. The molecule has 0 unspecified atom stereocenters. The first kappa shape index (κ1) is 88.1. The Hall–Kier alpha value is -4.97. The zero-order chi connectivity index (χ0) is 69.8. The first-order chi connectivity index (χ1) is 44.2. The molecule has 0 saturated carbocycles. The molecule has 2 saturated heterocycles. The van der Waals surface area contributed by atoms with Gasteiger partial charge in [0.15, 0.2) is 0 Å². The first-order valence-corrected chi connectivity index (χ1v) is 32.3. The Morgan fingerprint density at radius 2 is 0.371 bits per heavy atom. The summed E-state index contributed by atoms with van der Waals surface area (Å²) in [7, 11) is -0.775.